The monoisotopic (exact) mass is 340 g/mol. The molecule has 0 saturated heterocycles. The van der Waals surface area contributed by atoms with Crippen LogP contribution in [-0.2, 0) is 24.3 Å². The molecule has 0 unspecified atom stereocenters. The van der Waals surface area contributed by atoms with Crippen molar-refractivity contribution in [1.82, 2.24) is 10.2 Å². The van der Waals surface area contributed by atoms with Crippen molar-refractivity contribution < 1.29 is 9.53 Å². The number of carbonyl (C=O) groups excluding carboxylic acids is 1. The lowest BCUT2D eigenvalue weighted by molar-refractivity contribution is -0.121. The molecule has 1 amide bonds. The van der Waals surface area contributed by atoms with E-state index in [2.05, 4.69) is 22.3 Å². The zero-order chi connectivity index (χ0) is 18.1. The fourth-order valence-electron chi connectivity index (χ4n) is 2.76. The van der Waals surface area contributed by atoms with Gasteiger partial charge in [-0.15, -0.1) is 0 Å². The topological polar surface area (TPSA) is 41.6 Å². The van der Waals surface area contributed by atoms with Crippen LogP contribution in [0.25, 0.3) is 0 Å². The number of hydrogen-bond acceptors (Lipinski definition) is 3. The molecule has 134 valence electrons. The summed E-state index contributed by atoms with van der Waals surface area (Å²) in [5.41, 5.74) is 3.49. The summed E-state index contributed by atoms with van der Waals surface area (Å²) < 4.78 is 5.61. The summed E-state index contributed by atoms with van der Waals surface area (Å²) in [6.45, 7) is 4.03. The molecule has 2 aromatic rings. The molecular formula is C21H28N2O2. The summed E-state index contributed by atoms with van der Waals surface area (Å²) in [5, 5.41) is 3.04. The first-order chi connectivity index (χ1) is 12.1. The number of ether oxygens (including phenoxy) is 1. The van der Waals surface area contributed by atoms with Gasteiger partial charge in [-0.1, -0.05) is 42.5 Å². The first-order valence-electron chi connectivity index (χ1n) is 8.79. The smallest absolute Gasteiger partial charge is 0.220 e. The number of amides is 1. The maximum Gasteiger partial charge on any atom is 0.220 e. The average molecular weight is 340 g/mol. The Balaban J connectivity index is 1.88. The van der Waals surface area contributed by atoms with Gasteiger partial charge in [-0.3, -0.25) is 4.79 Å². The van der Waals surface area contributed by atoms with Gasteiger partial charge in [-0.05, 0) is 50.2 Å². The molecule has 4 nitrogen and oxygen atoms in total. The molecule has 2 aromatic carbocycles. The average Bonchev–Trinajstić information content (AvgIpc) is 2.60. The van der Waals surface area contributed by atoms with Crippen molar-refractivity contribution in [2.75, 3.05) is 20.7 Å². The number of benzene rings is 2. The second-order valence-corrected chi connectivity index (χ2v) is 6.32. The zero-order valence-electron chi connectivity index (χ0n) is 15.4. The Kier molecular flexibility index (Phi) is 7.48. The minimum absolute atomic E-state index is 0.0611. The summed E-state index contributed by atoms with van der Waals surface area (Å²) in [5.74, 6) is 0.931. The Hall–Kier alpha value is -2.33. The van der Waals surface area contributed by atoms with Crippen molar-refractivity contribution in [2.45, 2.75) is 32.9 Å². The van der Waals surface area contributed by atoms with E-state index in [-0.39, 0.29) is 5.91 Å². The second kappa shape index (κ2) is 9.84. The van der Waals surface area contributed by atoms with Gasteiger partial charge in [0, 0.05) is 19.5 Å². The minimum Gasteiger partial charge on any atom is -0.494 e. The maximum absolute atomic E-state index is 12.2. The largest absolute Gasteiger partial charge is 0.494 e. The number of hydrogen-bond donors (Lipinski definition) is 1. The van der Waals surface area contributed by atoms with E-state index in [1.807, 2.05) is 57.4 Å². The van der Waals surface area contributed by atoms with Crippen molar-refractivity contribution in [3.63, 3.8) is 0 Å². The Morgan fingerprint density at radius 3 is 2.32 bits per heavy atom. The van der Waals surface area contributed by atoms with E-state index in [9.17, 15) is 4.79 Å². The van der Waals surface area contributed by atoms with Crippen LogP contribution in [0.2, 0.25) is 0 Å². The molecule has 0 aliphatic rings. The number of para-hydroxylation sites is 1. The highest BCUT2D eigenvalue weighted by Gasteiger charge is 2.08. The van der Waals surface area contributed by atoms with Gasteiger partial charge in [0.15, 0.2) is 0 Å². The minimum atomic E-state index is 0.0611. The molecule has 1 N–H and O–H groups in total. The lowest BCUT2D eigenvalue weighted by Crippen LogP contribution is -2.24. The van der Waals surface area contributed by atoms with Crippen LogP contribution in [0.5, 0.6) is 5.75 Å². The normalized spacial score (nSPS) is 10.7. The molecule has 0 spiro atoms. The van der Waals surface area contributed by atoms with Gasteiger partial charge in [0.05, 0.1) is 6.61 Å². The molecule has 0 aliphatic carbocycles. The highest BCUT2D eigenvalue weighted by Crippen LogP contribution is 2.19. The van der Waals surface area contributed by atoms with E-state index in [0.717, 1.165) is 17.9 Å². The SMILES string of the molecule is CCOc1ccccc1CCC(=O)NCc1ccccc1CN(C)C. The number of rotatable bonds is 9. The molecule has 0 bridgehead atoms. The lowest BCUT2D eigenvalue weighted by Gasteiger charge is -2.15. The van der Waals surface area contributed by atoms with Crippen LogP contribution in [0.3, 0.4) is 0 Å². The Morgan fingerprint density at radius 1 is 1.00 bits per heavy atom. The molecule has 2 rings (SSSR count). The molecule has 0 fully saturated rings. The van der Waals surface area contributed by atoms with Gasteiger partial charge in [-0.2, -0.15) is 0 Å². The summed E-state index contributed by atoms with van der Waals surface area (Å²) in [6.07, 6.45) is 1.14. The molecule has 0 aromatic heterocycles. The summed E-state index contributed by atoms with van der Waals surface area (Å²) in [4.78, 5) is 14.4. The van der Waals surface area contributed by atoms with Crippen LogP contribution in [0, 0.1) is 0 Å². The predicted octanol–water partition coefficient (Wildman–Crippen LogP) is 3.40. The second-order valence-electron chi connectivity index (χ2n) is 6.32. The summed E-state index contributed by atoms with van der Waals surface area (Å²) in [6, 6.07) is 16.1. The van der Waals surface area contributed by atoms with Crippen LogP contribution >= 0.6 is 0 Å². The van der Waals surface area contributed by atoms with E-state index >= 15 is 0 Å². The maximum atomic E-state index is 12.2. The molecule has 0 aliphatic heterocycles. The van der Waals surface area contributed by atoms with Gasteiger partial charge in [0.2, 0.25) is 5.91 Å². The molecule has 25 heavy (non-hydrogen) atoms. The Morgan fingerprint density at radius 2 is 1.64 bits per heavy atom. The quantitative estimate of drug-likeness (QED) is 0.761. The van der Waals surface area contributed by atoms with Crippen LogP contribution in [0.4, 0.5) is 0 Å². The number of nitrogens with one attached hydrogen (secondary N) is 1. The molecule has 0 heterocycles. The Labute approximate surface area is 150 Å². The van der Waals surface area contributed by atoms with E-state index < -0.39 is 0 Å². The summed E-state index contributed by atoms with van der Waals surface area (Å²) in [7, 11) is 4.09. The third kappa shape index (κ3) is 6.24. The van der Waals surface area contributed by atoms with E-state index in [1.54, 1.807) is 0 Å². The third-order valence-electron chi connectivity index (χ3n) is 3.97. The van der Waals surface area contributed by atoms with Gasteiger partial charge in [0.25, 0.3) is 0 Å². The molecule has 0 atom stereocenters. The zero-order valence-corrected chi connectivity index (χ0v) is 15.4. The lowest BCUT2D eigenvalue weighted by atomic mass is 10.1. The first kappa shape index (κ1) is 19.0. The van der Waals surface area contributed by atoms with E-state index in [4.69, 9.17) is 4.74 Å². The van der Waals surface area contributed by atoms with E-state index in [0.29, 0.717) is 26.0 Å². The first-order valence-corrected chi connectivity index (χ1v) is 8.79. The van der Waals surface area contributed by atoms with Crippen molar-refractivity contribution in [1.29, 1.82) is 0 Å². The van der Waals surface area contributed by atoms with E-state index in [1.165, 1.54) is 11.1 Å². The fraction of sp³-hybridized carbons (Fsp3) is 0.381. The van der Waals surface area contributed by atoms with Crippen molar-refractivity contribution >= 4 is 5.91 Å². The number of aryl methyl sites for hydroxylation is 1. The van der Waals surface area contributed by atoms with Crippen LogP contribution in [-0.4, -0.2) is 31.5 Å². The number of carbonyl (C=O) groups is 1. The van der Waals surface area contributed by atoms with Gasteiger partial charge >= 0.3 is 0 Å². The van der Waals surface area contributed by atoms with Crippen molar-refractivity contribution in [3.8, 4) is 5.75 Å². The highest BCUT2D eigenvalue weighted by molar-refractivity contribution is 5.76. The van der Waals surface area contributed by atoms with Crippen LogP contribution < -0.4 is 10.1 Å². The van der Waals surface area contributed by atoms with Gasteiger partial charge in [0.1, 0.15) is 5.75 Å². The molecule has 0 radical (unpaired) electrons. The van der Waals surface area contributed by atoms with Crippen LogP contribution in [0.1, 0.15) is 30.0 Å². The van der Waals surface area contributed by atoms with Gasteiger partial charge in [-0.25, -0.2) is 0 Å². The standard InChI is InChI=1S/C21H28N2O2/c1-4-25-20-12-8-7-9-17(20)13-14-21(24)22-15-18-10-5-6-11-19(18)16-23(2)3/h5-12H,4,13-16H2,1-3H3,(H,22,24). The predicted molar refractivity (Wildman–Crippen MR) is 102 cm³/mol. The van der Waals surface area contributed by atoms with Crippen molar-refractivity contribution in [3.05, 3.63) is 65.2 Å². The van der Waals surface area contributed by atoms with Crippen LogP contribution in [0.15, 0.2) is 48.5 Å². The summed E-state index contributed by atoms with van der Waals surface area (Å²) >= 11 is 0. The molecule has 4 heteroatoms. The Bertz CT molecular complexity index is 683. The molecular weight excluding hydrogens is 312 g/mol. The van der Waals surface area contributed by atoms with Gasteiger partial charge < -0.3 is 15.0 Å². The highest BCUT2D eigenvalue weighted by atomic mass is 16.5. The fourth-order valence-corrected chi connectivity index (χ4v) is 2.76. The van der Waals surface area contributed by atoms with Crippen molar-refractivity contribution in [2.24, 2.45) is 0 Å². The number of nitrogens with zero attached hydrogens (tertiary/aromatic N) is 1. The molecule has 0 saturated carbocycles. The third-order valence-corrected chi connectivity index (χ3v) is 3.97.